The molecule has 4 heteroatoms. The number of β-amino-alcohol motifs (C(OH)–C–C–N with tert-alkyl or cyclic N) is 1. The van der Waals surface area contributed by atoms with Crippen LogP contribution >= 0.6 is 0 Å². The maximum absolute atomic E-state index is 10.1. The van der Waals surface area contributed by atoms with Crippen LogP contribution < -0.4 is 0 Å². The molecule has 2 rings (SSSR count). The fourth-order valence-electron chi connectivity index (χ4n) is 3.21. The van der Waals surface area contributed by atoms with Crippen LogP contribution in [0.25, 0.3) is 0 Å². The highest BCUT2D eigenvalue weighted by atomic mass is 16.3. The molecule has 2 fully saturated rings. The van der Waals surface area contributed by atoms with E-state index >= 15 is 0 Å². The fourth-order valence-corrected chi connectivity index (χ4v) is 3.21. The highest BCUT2D eigenvalue weighted by Gasteiger charge is 2.29. The van der Waals surface area contributed by atoms with Crippen molar-refractivity contribution < 1.29 is 10.2 Å². The minimum Gasteiger partial charge on any atom is -0.395 e. The summed E-state index contributed by atoms with van der Waals surface area (Å²) in [5, 5.41) is 19.1. The molecule has 2 N–H and O–H groups in total. The third kappa shape index (κ3) is 3.65. The predicted octanol–water partition coefficient (Wildman–Crippen LogP) is 0.290. The van der Waals surface area contributed by atoms with E-state index < -0.39 is 0 Å². The van der Waals surface area contributed by atoms with Crippen LogP contribution in [-0.4, -0.2) is 71.5 Å². The number of aliphatic hydroxyl groups excluding tert-OH is 2. The standard InChI is InChI=1S/C13H26N2O2/c16-11-10-14-6-3-7-15(9-8-14)12-4-1-2-5-13(12)17/h12-13,16-17H,1-11H2/t12-,13-/m1/s1. The van der Waals surface area contributed by atoms with Crippen molar-refractivity contribution in [3.05, 3.63) is 0 Å². The molecule has 0 spiro atoms. The maximum Gasteiger partial charge on any atom is 0.0695 e. The van der Waals surface area contributed by atoms with E-state index in [-0.39, 0.29) is 12.7 Å². The van der Waals surface area contributed by atoms with Crippen molar-refractivity contribution in [3.8, 4) is 0 Å². The van der Waals surface area contributed by atoms with Crippen molar-refractivity contribution >= 4 is 0 Å². The zero-order chi connectivity index (χ0) is 12.1. The van der Waals surface area contributed by atoms with Crippen LogP contribution in [0.15, 0.2) is 0 Å². The van der Waals surface area contributed by atoms with Gasteiger partial charge in [-0.25, -0.2) is 0 Å². The molecule has 100 valence electrons. The number of rotatable bonds is 3. The van der Waals surface area contributed by atoms with E-state index in [4.69, 9.17) is 5.11 Å². The van der Waals surface area contributed by atoms with Crippen LogP contribution in [0.1, 0.15) is 32.1 Å². The lowest BCUT2D eigenvalue weighted by atomic mass is 9.91. The van der Waals surface area contributed by atoms with Crippen LogP contribution in [0.2, 0.25) is 0 Å². The molecular formula is C13H26N2O2. The Morgan fingerprint density at radius 3 is 2.53 bits per heavy atom. The van der Waals surface area contributed by atoms with Crippen molar-refractivity contribution in [3.63, 3.8) is 0 Å². The molecule has 0 radical (unpaired) electrons. The van der Waals surface area contributed by atoms with E-state index in [9.17, 15) is 5.11 Å². The van der Waals surface area contributed by atoms with E-state index in [1.165, 1.54) is 12.8 Å². The summed E-state index contributed by atoms with van der Waals surface area (Å²) in [7, 11) is 0. The van der Waals surface area contributed by atoms with Gasteiger partial charge in [0, 0.05) is 25.7 Å². The molecular weight excluding hydrogens is 216 g/mol. The zero-order valence-corrected chi connectivity index (χ0v) is 10.7. The van der Waals surface area contributed by atoms with Crippen molar-refractivity contribution in [2.75, 3.05) is 39.3 Å². The molecule has 1 saturated carbocycles. The monoisotopic (exact) mass is 242 g/mol. The SMILES string of the molecule is OCCN1CCCN([C@@H]2CCCC[C@H]2O)CC1. The summed E-state index contributed by atoms with van der Waals surface area (Å²) in [6.45, 7) is 5.31. The summed E-state index contributed by atoms with van der Waals surface area (Å²) in [5.41, 5.74) is 0. The first kappa shape index (κ1) is 13.3. The van der Waals surface area contributed by atoms with Gasteiger partial charge >= 0.3 is 0 Å². The third-order valence-electron chi connectivity index (χ3n) is 4.20. The van der Waals surface area contributed by atoms with E-state index in [0.717, 1.165) is 52.0 Å². The van der Waals surface area contributed by atoms with Gasteiger partial charge in [0.25, 0.3) is 0 Å². The van der Waals surface area contributed by atoms with Gasteiger partial charge in [0.1, 0.15) is 0 Å². The number of hydrogen-bond donors (Lipinski definition) is 2. The lowest BCUT2D eigenvalue weighted by Crippen LogP contribution is -2.47. The Morgan fingerprint density at radius 1 is 0.941 bits per heavy atom. The summed E-state index contributed by atoms with van der Waals surface area (Å²) in [6.07, 6.45) is 5.61. The molecule has 0 aromatic heterocycles. The summed E-state index contributed by atoms with van der Waals surface area (Å²) < 4.78 is 0. The molecule has 2 aliphatic rings. The fraction of sp³-hybridized carbons (Fsp3) is 1.00. The molecule has 0 aromatic rings. The van der Waals surface area contributed by atoms with Gasteiger partial charge in [-0.05, 0) is 32.4 Å². The molecule has 0 bridgehead atoms. The Labute approximate surface area is 104 Å². The van der Waals surface area contributed by atoms with Gasteiger partial charge in [0.05, 0.1) is 12.7 Å². The normalized spacial score (nSPS) is 33.5. The Hall–Kier alpha value is -0.160. The van der Waals surface area contributed by atoms with Crippen molar-refractivity contribution in [2.24, 2.45) is 0 Å². The quantitative estimate of drug-likeness (QED) is 0.747. The molecule has 0 aromatic carbocycles. The van der Waals surface area contributed by atoms with Gasteiger partial charge in [0.15, 0.2) is 0 Å². The van der Waals surface area contributed by atoms with Crippen LogP contribution in [-0.2, 0) is 0 Å². The molecule has 4 nitrogen and oxygen atoms in total. The first-order valence-electron chi connectivity index (χ1n) is 7.06. The molecule has 1 aliphatic heterocycles. The zero-order valence-electron chi connectivity index (χ0n) is 10.7. The average molecular weight is 242 g/mol. The second-order valence-electron chi connectivity index (χ2n) is 5.37. The Balaban J connectivity index is 1.84. The van der Waals surface area contributed by atoms with Crippen molar-refractivity contribution in [1.29, 1.82) is 0 Å². The van der Waals surface area contributed by atoms with E-state index in [0.29, 0.717) is 6.04 Å². The summed E-state index contributed by atoms with van der Waals surface area (Å²) >= 11 is 0. The third-order valence-corrected chi connectivity index (χ3v) is 4.20. The molecule has 17 heavy (non-hydrogen) atoms. The molecule has 1 saturated heterocycles. The van der Waals surface area contributed by atoms with Gasteiger partial charge < -0.3 is 10.2 Å². The maximum atomic E-state index is 10.1. The lowest BCUT2D eigenvalue weighted by molar-refractivity contribution is 0.0214. The number of aliphatic hydroxyl groups is 2. The first-order chi connectivity index (χ1) is 8.31. The molecule has 0 amide bonds. The molecule has 0 unspecified atom stereocenters. The van der Waals surface area contributed by atoms with Gasteiger partial charge in [-0.15, -0.1) is 0 Å². The predicted molar refractivity (Wildman–Crippen MR) is 68.0 cm³/mol. The van der Waals surface area contributed by atoms with Crippen molar-refractivity contribution in [1.82, 2.24) is 9.80 Å². The van der Waals surface area contributed by atoms with E-state index in [2.05, 4.69) is 9.80 Å². The van der Waals surface area contributed by atoms with Gasteiger partial charge in [0.2, 0.25) is 0 Å². The summed E-state index contributed by atoms with van der Waals surface area (Å²) in [5.74, 6) is 0. The van der Waals surface area contributed by atoms with Gasteiger partial charge in [-0.1, -0.05) is 12.8 Å². The molecule has 1 aliphatic carbocycles. The van der Waals surface area contributed by atoms with E-state index in [1.807, 2.05) is 0 Å². The first-order valence-corrected chi connectivity index (χ1v) is 7.06. The molecule has 1 heterocycles. The van der Waals surface area contributed by atoms with Crippen LogP contribution in [0.3, 0.4) is 0 Å². The number of nitrogens with zero attached hydrogens (tertiary/aromatic N) is 2. The van der Waals surface area contributed by atoms with Gasteiger partial charge in [-0.3, -0.25) is 9.80 Å². The Morgan fingerprint density at radius 2 is 1.76 bits per heavy atom. The summed E-state index contributed by atoms with van der Waals surface area (Å²) in [4.78, 5) is 4.80. The highest BCUT2D eigenvalue weighted by molar-refractivity contribution is 4.85. The van der Waals surface area contributed by atoms with Gasteiger partial charge in [-0.2, -0.15) is 0 Å². The largest absolute Gasteiger partial charge is 0.395 e. The Bertz CT molecular complexity index is 225. The van der Waals surface area contributed by atoms with Crippen LogP contribution in [0.4, 0.5) is 0 Å². The minimum absolute atomic E-state index is 0.117. The summed E-state index contributed by atoms with van der Waals surface area (Å²) in [6, 6.07) is 0.387. The van der Waals surface area contributed by atoms with Crippen LogP contribution in [0, 0.1) is 0 Å². The molecule has 2 atom stereocenters. The smallest absolute Gasteiger partial charge is 0.0695 e. The topological polar surface area (TPSA) is 46.9 Å². The Kier molecular flexibility index (Phi) is 5.22. The second-order valence-corrected chi connectivity index (χ2v) is 5.37. The number of hydrogen-bond acceptors (Lipinski definition) is 4. The lowest BCUT2D eigenvalue weighted by Gasteiger charge is -2.37. The van der Waals surface area contributed by atoms with Crippen molar-refractivity contribution in [2.45, 2.75) is 44.2 Å². The second kappa shape index (κ2) is 6.69. The average Bonchev–Trinajstić information content (AvgIpc) is 2.56. The highest BCUT2D eigenvalue weighted by Crippen LogP contribution is 2.24. The van der Waals surface area contributed by atoms with Crippen LogP contribution in [0.5, 0.6) is 0 Å². The minimum atomic E-state index is -0.117. The van der Waals surface area contributed by atoms with E-state index in [1.54, 1.807) is 0 Å².